The molecule has 2 nitrogen and oxygen atoms in total. The summed E-state index contributed by atoms with van der Waals surface area (Å²) in [5.41, 5.74) is 0. The van der Waals surface area contributed by atoms with Crippen molar-refractivity contribution in [3.05, 3.63) is 73.3 Å². The fourth-order valence-corrected chi connectivity index (χ4v) is 8.60. The second-order valence-electron chi connectivity index (χ2n) is 8.08. The van der Waals surface area contributed by atoms with Gasteiger partial charge in [0.15, 0.2) is 0 Å². The Kier molecular flexibility index (Phi) is 5.81. The van der Waals surface area contributed by atoms with Gasteiger partial charge in [0.2, 0.25) is 0 Å². The highest BCUT2D eigenvalue weighted by Crippen LogP contribution is 2.37. The normalized spacial score (nSPS) is 20.9. The molecule has 26 heavy (non-hydrogen) atoms. The van der Waals surface area contributed by atoms with Gasteiger partial charge in [0.25, 0.3) is 8.32 Å². The molecule has 0 aromatic heterocycles. The third-order valence-corrected chi connectivity index (χ3v) is 10.3. The molecule has 1 aliphatic heterocycles. The van der Waals surface area contributed by atoms with Crippen LogP contribution in [0.25, 0.3) is 0 Å². The van der Waals surface area contributed by atoms with Crippen LogP contribution in [0.1, 0.15) is 33.6 Å². The van der Waals surface area contributed by atoms with Crippen LogP contribution < -0.4 is 10.4 Å². The van der Waals surface area contributed by atoms with E-state index in [9.17, 15) is 0 Å². The van der Waals surface area contributed by atoms with Gasteiger partial charge in [-0.05, 0) is 28.3 Å². The molecule has 3 rings (SSSR count). The van der Waals surface area contributed by atoms with Crippen molar-refractivity contribution in [1.29, 1.82) is 0 Å². The van der Waals surface area contributed by atoms with Crippen LogP contribution in [0.4, 0.5) is 0 Å². The Hall–Kier alpha value is -1.68. The Morgan fingerprint density at radius 2 is 1.54 bits per heavy atom. The molecule has 1 saturated heterocycles. The van der Waals surface area contributed by atoms with Gasteiger partial charge in [0.1, 0.15) is 0 Å². The van der Waals surface area contributed by atoms with E-state index in [1.807, 2.05) is 6.08 Å². The second kappa shape index (κ2) is 7.91. The lowest BCUT2D eigenvalue weighted by Gasteiger charge is -2.43. The van der Waals surface area contributed by atoms with E-state index in [0.717, 1.165) is 12.8 Å². The van der Waals surface area contributed by atoms with E-state index in [-0.39, 0.29) is 17.2 Å². The molecule has 0 saturated carbocycles. The Labute approximate surface area is 159 Å². The second-order valence-corrected chi connectivity index (χ2v) is 12.4. The summed E-state index contributed by atoms with van der Waals surface area (Å²) in [6, 6.07) is 21.5. The summed E-state index contributed by atoms with van der Waals surface area (Å²) in [5.74, 6) is 0. The Morgan fingerprint density at radius 3 is 1.96 bits per heavy atom. The smallest absolute Gasteiger partial charge is 0.261 e. The van der Waals surface area contributed by atoms with Gasteiger partial charge in [-0.3, -0.25) is 0 Å². The van der Waals surface area contributed by atoms with Crippen molar-refractivity contribution in [2.24, 2.45) is 0 Å². The molecule has 2 aromatic rings. The van der Waals surface area contributed by atoms with Crippen molar-refractivity contribution >= 4 is 18.7 Å². The minimum atomic E-state index is -2.45. The summed E-state index contributed by atoms with van der Waals surface area (Å²) < 4.78 is 13.0. The lowest BCUT2D eigenvalue weighted by atomic mass is 10.2. The predicted octanol–water partition coefficient (Wildman–Crippen LogP) is 4.30. The third-order valence-electron chi connectivity index (χ3n) is 5.31. The molecule has 0 spiro atoms. The minimum absolute atomic E-state index is 0.00610. The number of rotatable bonds is 6. The highest BCUT2D eigenvalue weighted by atomic mass is 28.4. The Morgan fingerprint density at radius 1 is 1.00 bits per heavy atom. The number of benzene rings is 2. The van der Waals surface area contributed by atoms with Crippen molar-refractivity contribution in [2.45, 2.75) is 50.9 Å². The van der Waals surface area contributed by atoms with E-state index in [1.54, 1.807) is 0 Å². The van der Waals surface area contributed by atoms with E-state index < -0.39 is 8.32 Å². The van der Waals surface area contributed by atoms with E-state index in [1.165, 1.54) is 10.4 Å². The molecular formula is C23H30O2Si. The SMILES string of the molecule is C=C[C@H]1CC[C@H](CO[Si](c2ccccc2)(c2ccccc2)C(C)(C)C)O1. The van der Waals surface area contributed by atoms with Crippen LogP contribution in [-0.4, -0.2) is 27.1 Å². The number of ether oxygens (including phenoxy) is 1. The highest BCUT2D eigenvalue weighted by Gasteiger charge is 2.50. The van der Waals surface area contributed by atoms with E-state index in [2.05, 4.69) is 88.0 Å². The largest absolute Gasteiger partial charge is 0.405 e. The number of hydrogen-bond donors (Lipinski definition) is 0. The number of hydrogen-bond acceptors (Lipinski definition) is 2. The first-order valence-corrected chi connectivity index (χ1v) is 11.4. The molecule has 0 unspecified atom stereocenters. The van der Waals surface area contributed by atoms with Crippen LogP contribution >= 0.6 is 0 Å². The summed E-state index contributed by atoms with van der Waals surface area (Å²) in [6.07, 6.45) is 4.30. The van der Waals surface area contributed by atoms with E-state index in [4.69, 9.17) is 9.16 Å². The zero-order valence-electron chi connectivity index (χ0n) is 16.2. The molecule has 1 fully saturated rings. The van der Waals surface area contributed by atoms with Crippen LogP contribution in [0.2, 0.25) is 5.04 Å². The van der Waals surface area contributed by atoms with Gasteiger partial charge in [-0.15, -0.1) is 6.58 Å². The molecule has 0 N–H and O–H groups in total. The lowest BCUT2D eigenvalue weighted by Crippen LogP contribution is -2.67. The first kappa shape index (κ1) is 19.1. The van der Waals surface area contributed by atoms with Gasteiger partial charge in [0.05, 0.1) is 18.8 Å². The van der Waals surface area contributed by atoms with Crippen molar-refractivity contribution in [3.8, 4) is 0 Å². The summed E-state index contributed by atoms with van der Waals surface area (Å²) in [5, 5.41) is 2.64. The van der Waals surface area contributed by atoms with Crippen LogP contribution in [0.15, 0.2) is 73.3 Å². The molecule has 2 atom stereocenters. The van der Waals surface area contributed by atoms with Crippen molar-refractivity contribution in [2.75, 3.05) is 6.61 Å². The predicted molar refractivity (Wildman–Crippen MR) is 112 cm³/mol. The first-order valence-electron chi connectivity index (χ1n) is 9.50. The molecule has 3 heteroatoms. The fraction of sp³-hybridized carbons (Fsp3) is 0.391. The maximum absolute atomic E-state index is 6.92. The standard InChI is InChI=1S/C23H30O2Si/c1-5-19-16-17-20(25-19)18-24-26(23(2,3)4,21-12-8-6-9-13-21)22-14-10-7-11-15-22/h5-15,19-20H,1,16-18H2,2-4H3/t19-,20+/m0/s1. The minimum Gasteiger partial charge on any atom is -0.405 e. The molecule has 138 valence electrons. The van der Waals surface area contributed by atoms with Gasteiger partial charge in [-0.2, -0.15) is 0 Å². The van der Waals surface area contributed by atoms with Gasteiger partial charge >= 0.3 is 0 Å². The molecule has 0 radical (unpaired) electrons. The van der Waals surface area contributed by atoms with Crippen molar-refractivity contribution in [1.82, 2.24) is 0 Å². The van der Waals surface area contributed by atoms with Crippen molar-refractivity contribution in [3.63, 3.8) is 0 Å². The van der Waals surface area contributed by atoms with Crippen LogP contribution in [0.5, 0.6) is 0 Å². The molecule has 0 bridgehead atoms. The highest BCUT2D eigenvalue weighted by molar-refractivity contribution is 6.99. The molecular weight excluding hydrogens is 336 g/mol. The molecule has 1 heterocycles. The third kappa shape index (κ3) is 3.71. The Balaban J connectivity index is 1.99. The summed E-state index contributed by atoms with van der Waals surface area (Å²) in [7, 11) is -2.45. The van der Waals surface area contributed by atoms with E-state index >= 15 is 0 Å². The monoisotopic (exact) mass is 366 g/mol. The van der Waals surface area contributed by atoms with Crippen molar-refractivity contribution < 1.29 is 9.16 Å². The quantitative estimate of drug-likeness (QED) is 0.561. The molecule has 2 aromatic carbocycles. The molecule has 0 aliphatic carbocycles. The average molecular weight is 367 g/mol. The lowest BCUT2D eigenvalue weighted by molar-refractivity contribution is 0.0357. The summed E-state index contributed by atoms with van der Waals surface area (Å²) in [6.45, 7) is 11.4. The summed E-state index contributed by atoms with van der Waals surface area (Å²) >= 11 is 0. The zero-order valence-corrected chi connectivity index (χ0v) is 17.2. The van der Waals surface area contributed by atoms with Gasteiger partial charge in [-0.1, -0.05) is 87.5 Å². The van der Waals surface area contributed by atoms with Gasteiger partial charge in [-0.25, -0.2) is 0 Å². The topological polar surface area (TPSA) is 18.5 Å². The maximum Gasteiger partial charge on any atom is 0.261 e. The van der Waals surface area contributed by atoms with E-state index in [0.29, 0.717) is 6.61 Å². The first-order chi connectivity index (χ1) is 12.5. The van der Waals surface area contributed by atoms with Crippen LogP contribution in [-0.2, 0) is 9.16 Å². The van der Waals surface area contributed by atoms with Gasteiger partial charge < -0.3 is 9.16 Å². The average Bonchev–Trinajstić information content (AvgIpc) is 3.11. The maximum atomic E-state index is 6.92. The molecule has 0 amide bonds. The summed E-state index contributed by atoms with van der Waals surface area (Å²) in [4.78, 5) is 0. The van der Waals surface area contributed by atoms with Gasteiger partial charge in [0, 0.05) is 0 Å². The molecule has 1 aliphatic rings. The zero-order chi connectivity index (χ0) is 18.6. The van der Waals surface area contributed by atoms with Crippen LogP contribution in [0.3, 0.4) is 0 Å². The van der Waals surface area contributed by atoms with Crippen LogP contribution in [0, 0.1) is 0 Å². The fourth-order valence-electron chi connectivity index (χ4n) is 4.01. The Bertz CT molecular complexity index is 666.